The molecule has 4 heteroatoms. The maximum atomic E-state index is 5.03. The fourth-order valence-corrected chi connectivity index (χ4v) is 2.64. The summed E-state index contributed by atoms with van der Waals surface area (Å²) in [7, 11) is 0. The van der Waals surface area contributed by atoms with Crippen LogP contribution in [0.2, 0.25) is 0 Å². The zero-order chi connectivity index (χ0) is 12.3. The van der Waals surface area contributed by atoms with Crippen molar-refractivity contribution in [1.82, 2.24) is 4.98 Å². The van der Waals surface area contributed by atoms with Crippen molar-refractivity contribution in [2.24, 2.45) is 0 Å². The number of aromatic nitrogens is 1. The molecular weight excluding hydrogens is 248 g/mol. The Hall–Kier alpha value is -0.350. The van der Waals surface area contributed by atoms with E-state index in [1.807, 2.05) is 5.38 Å². The summed E-state index contributed by atoms with van der Waals surface area (Å²) in [5.74, 6) is 1.07. The Morgan fingerprint density at radius 1 is 1.12 bits per heavy atom. The highest BCUT2D eigenvalue weighted by atomic mass is 32.1. The molecule has 0 aliphatic carbocycles. The van der Waals surface area contributed by atoms with E-state index in [1.54, 1.807) is 11.3 Å². The van der Waals surface area contributed by atoms with Crippen molar-refractivity contribution in [2.45, 2.75) is 58.3 Å². The summed E-state index contributed by atoms with van der Waals surface area (Å²) in [5.41, 5.74) is 0. The topological polar surface area (TPSA) is 27.8 Å². The molecule has 1 aromatic heterocycles. The van der Waals surface area contributed by atoms with Gasteiger partial charge in [0.15, 0.2) is 3.95 Å². The van der Waals surface area contributed by atoms with Crippen molar-refractivity contribution in [3.63, 3.8) is 0 Å². The van der Waals surface area contributed by atoms with Gasteiger partial charge in [-0.05, 0) is 18.6 Å². The first kappa shape index (κ1) is 14.7. The van der Waals surface area contributed by atoms with Gasteiger partial charge in [-0.15, -0.1) is 11.3 Å². The molecular formula is C13H24N2S2. The smallest absolute Gasteiger partial charge is 0.159 e. The third kappa shape index (κ3) is 7.55. The third-order valence-corrected chi connectivity index (χ3v) is 3.93. The third-order valence-electron chi connectivity index (χ3n) is 2.87. The molecule has 0 aromatic carbocycles. The van der Waals surface area contributed by atoms with Crippen LogP contribution < -0.4 is 5.32 Å². The molecule has 0 unspecified atom stereocenters. The number of unbranched alkanes of at least 4 members (excludes halogenated alkanes) is 7. The number of nitrogens with one attached hydrogen (secondary N) is 2. The van der Waals surface area contributed by atoms with Gasteiger partial charge >= 0.3 is 0 Å². The number of anilines is 1. The van der Waals surface area contributed by atoms with Crippen LogP contribution in [0, 0.1) is 3.95 Å². The van der Waals surface area contributed by atoms with Gasteiger partial charge < -0.3 is 10.3 Å². The Labute approximate surface area is 114 Å². The number of aromatic amines is 1. The van der Waals surface area contributed by atoms with Crippen molar-refractivity contribution in [3.8, 4) is 0 Å². The van der Waals surface area contributed by atoms with E-state index in [0.29, 0.717) is 0 Å². The fraction of sp³-hybridized carbons (Fsp3) is 0.769. The lowest BCUT2D eigenvalue weighted by Gasteiger charge is -2.03. The molecule has 0 aliphatic rings. The van der Waals surface area contributed by atoms with E-state index in [2.05, 4.69) is 17.2 Å². The summed E-state index contributed by atoms with van der Waals surface area (Å²) in [4.78, 5) is 3.12. The second kappa shape index (κ2) is 9.66. The van der Waals surface area contributed by atoms with Crippen molar-refractivity contribution in [2.75, 3.05) is 11.9 Å². The van der Waals surface area contributed by atoms with Crippen LogP contribution >= 0.6 is 23.6 Å². The Kier molecular flexibility index (Phi) is 8.36. The van der Waals surface area contributed by atoms with Crippen molar-refractivity contribution in [3.05, 3.63) is 9.33 Å². The summed E-state index contributed by atoms with van der Waals surface area (Å²) >= 11 is 6.61. The standard InChI is InChI=1S/C13H24N2S2/c1-2-3-4-5-6-7-8-9-10-14-12-11-17-13(16)15-12/h11,14H,2-10H2,1H3,(H,15,16). The highest BCUT2D eigenvalue weighted by Gasteiger charge is 1.94. The van der Waals surface area contributed by atoms with Crippen molar-refractivity contribution >= 4 is 29.4 Å². The summed E-state index contributed by atoms with van der Waals surface area (Å²) in [6.45, 7) is 3.32. The van der Waals surface area contributed by atoms with E-state index in [1.165, 1.54) is 51.4 Å². The molecule has 0 aliphatic heterocycles. The first-order valence-electron chi connectivity index (χ1n) is 6.74. The van der Waals surface area contributed by atoms with Crippen LogP contribution in [0.3, 0.4) is 0 Å². The van der Waals surface area contributed by atoms with Crippen LogP contribution in [0.4, 0.5) is 5.82 Å². The highest BCUT2D eigenvalue weighted by molar-refractivity contribution is 7.73. The zero-order valence-corrected chi connectivity index (χ0v) is 12.4. The van der Waals surface area contributed by atoms with Gasteiger partial charge in [-0.25, -0.2) is 0 Å². The van der Waals surface area contributed by atoms with Crippen molar-refractivity contribution in [1.29, 1.82) is 0 Å². The molecule has 2 nitrogen and oxygen atoms in total. The molecule has 0 amide bonds. The van der Waals surface area contributed by atoms with Gasteiger partial charge in [0.05, 0.1) is 0 Å². The molecule has 0 radical (unpaired) electrons. The highest BCUT2D eigenvalue weighted by Crippen LogP contribution is 2.11. The van der Waals surface area contributed by atoms with Crippen LogP contribution in [-0.4, -0.2) is 11.5 Å². The SMILES string of the molecule is CCCCCCCCCCNc1csc(=S)[nH]1. The monoisotopic (exact) mass is 272 g/mol. The number of hydrogen-bond donors (Lipinski definition) is 2. The molecule has 1 rings (SSSR count). The second-order valence-corrected chi connectivity index (χ2v) is 6.01. The van der Waals surface area contributed by atoms with Gasteiger partial charge in [-0.3, -0.25) is 0 Å². The average molecular weight is 272 g/mol. The Morgan fingerprint density at radius 2 is 1.76 bits per heavy atom. The molecule has 17 heavy (non-hydrogen) atoms. The molecule has 2 N–H and O–H groups in total. The van der Waals surface area contributed by atoms with Gasteiger partial charge in [-0.2, -0.15) is 0 Å². The lowest BCUT2D eigenvalue weighted by molar-refractivity contribution is 0.581. The summed E-state index contributed by atoms with van der Waals surface area (Å²) < 4.78 is 0.850. The number of rotatable bonds is 10. The summed E-state index contributed by atoms with van der Waals surface area (Å²) in [6, 6.07) is 0. The number of hydrogen-bond acceptors (Lipinski definition) is 3. The minimum atomic E-state index is 0.850. The van der Waals surface area contributed by atoms with Gasteiger partial charge in [0.2, 0.25) is 0 Å². The number of H-pyrrole nitrogens is 1. The van der Waals surface area contributed by atoms with E-state index in [4.69, 9.17) is 12.2 Å². The summed E-state index contributed by atoms with van der Waals surface area (Å²) in [5, 5.41) is 5.41. The lowest BCUT2D eigenvalue weighted by atomic mass is 10.1. The fourth-order valence-electron chi connectivity index (χ4n) is 1.85. The molecule has 1 heterocycles. The maximum absolute atomic E-state index is 5.03. The molecule has 0 atom stereocenters. The van der Waals surface area contributed by atoms with E-state index in [-0.39, 0.29) is 0 Å². The minimum Gasteiger partial charge on any atom is -0.371 e. The Bertz CT molecular complexity index is 330. The lowest BCUT2D eigenvalue weighted by Crippen LogP contribution is -2.01. The Balaban J connectivity index is 1.86. The maximum Gasteiger partial charge on any atom is 0.159 e. The number of thiazole rings is 1. The Morgan fingerprint density at radius 3 is 2.35 bits per heavy atom. The minimum absolute atomic E-state index is 0.850. The quantitative estimate of drug-likeness (QED) is 0.443. The predicted octanol–water partition coefficient (Wildman–Crippen LogP) is 5.36. The summed E-state index contributed by atoms with van der Waals surface area (Å²) in [6.07, 6.45) is 10.9. The van der Waals surface area contributed by atoms with E-state index in [9.17, 15) is 0 Å². The second-order valence-electron chi connectivity index (χ2n) is 4.46. The van der Waals surface area contributed by atoms with Gasteiger partial charge in [-0.1, -0.05) is 51.9 Å². The van der Waals surface area contributed by atoms with Crippen LogP contribution in [0.25, 0.3) is 0 Å². The van der Waals surface area contributed by atoms with Gasteiger partial charge in [0.1, 0.15) is 5.82 Å². The first-order valence-corrected chi connectivity index (χ1v) is 8.03. The van der Waals surface area contributed by atoms with Crippen LogP contribution in [0.1, 0.15) is 58.3 Å². The molecule has 0 spiro atoms. The molecule has 0 saturated carbocycles. The van der Waals surface area contributed by atoms with Crippen LogP contribution in [-0.2, 0) is 0 Å². The average Bonchev–Trinajstić information content (AvgIpc) is 2.73. The zero-order valence-electron chi connectivity index (χ0n) is 10.8. The predicted molar refractivity (Wildman–Crippen MR) is 80.6 cm³/mol. The van der Waals surface area contributed by atoms with E-state index in [0.717, 1.165) is 16.3 Å². The molecule has 0 fully saturated rings. The largest absolute Gasteiger partial charge is 0.371 e. The molecule has 0 bridgehead atoms. The van der Waals surface area contributed by atoms with Gasteiger partial charge in [0.25, 0.3) is 0 Å². The van der Waals surface area contributed by atoms with E-state index >= 15 is 0 Å². The normalized spacial score (nSPS) is 10.6. The van der Waals surface area contributed by atoms with E-state index < -0.39 is 0 Å². The molecule has 0 saturated heterocycles. The molecule has 98 valence electrons. The van der Waals surface area contributed by atoms with Gasteiger partial charge in [0, 0.05) is 11.9 Å². The molecule has 1 aromatic rings. The van der Waals surface area contributed by atoms with Crippen LogP contribution in [0.15, 0.2) is 5.38 Å². The van der Waals surface area contributed by atoms with Crippen LogP contribution in [0.5, 0.6) is 0 Å². The first-order chi connectivity index (χ1) is 8.33. The van der Waals surface area contributed by atoms with Crippen molar-refractivity contribution < 1.29 is 0 Å².